The van der Waals surface area contributed by atoms with Crippen LogP contribution < -0.4 is 10.6 Å². The van der Waals surface area contributed by atoms with Crippen LogP contribution >= 0.6 is 0 Å². The number of aromatic nitrogens is 2. The molecule has 2 N–H and O–H groups in total. The summed E-state index contributed by atoms with van der Waals surface area (Å²) < 4.78 is 35.6. The molecule has 2 aromatic carbocycles. The number of benzene rings is 2. The Hall–Kier alpha value is -3.94. The first-order chi connectivity index (χ1) is 15.5. The van der Waals surface area contributed by atoms with Crippen LogP contribution in [0.2, 0.25) is 0 Å². The minimum Gasteiger partial charge on any atom is -0.469 e. The number of hydrogen-bond acceptors (Lipinski definition) is 4. The number of halogens is 2. The fourth-order valence-corrected chi connectivity index (χ4v) is 3.27. The number of furan rings is 1. The third-order valence-corrected chi connectivity index (χ3v) is 4.99. The van der Waals surface area contributed by atoms with Gasteiger partial charge in [0.2, 0.25) is 5.91 Å². The van der Waals surface area contributed by atoms with Gasteiger partial charge in [0.25, 0.3) is 0 Å². The number of amides is 1. The van der Waals surface area contributed by atoms with Crippen LogP contribution in [0.15, 0.2) is 71.6 Å². The van der Waals surface area contributed by atoms with E-state index in [1.807, 2.05) is 12.3 Å². The number of nitrogens with zero attached hydrogens (tertiary/aromatic N) is 2. The van der Waals surface area contributed by atoms with Crippen molar-refractivity contribution >= 4 is 17.3 Å². The normalized spacial score (nSPS) is 10.8. The molecule has 0 aliphatic carbocycles. The first kappa shape index (κ1) is 21.3. The van der Waals surface area contributed by atoms with E-state index >= 15 is 0 Å². The number of carbonyl (C=O) groups excluding carboxylic acids is 1. The quantitative estimate of drug-likeness (QED) is 0.401. The number of rotatable bonds is 8. The molecule has 0 atom stereocenters. The number of aryl methyl sites for hydroxylation is 2. The minimum absolute atomic E-state index is 0.0619. The second kappa shape index (κ2) is 9.47. The Morgan fingerprint density at radius 2 is 1.97 bits per heavy atom. The van der Waals surface area contributed by atoms with Gasteiger partial charge in [0.1, 0.15) is 17.4 Å². The van der Waals surface area contributed by atoms with Gasteiger partial charge in [0.15, 0.2) is 0 Å². The zero-order valence-electron chi connectivity index (χ0n) is 17.4. The molecule has 32 heavy (non-hydrogen) atoms. The maximum atomic E-state index is 14.6. The van der Waals surface area contributed by atoms with Crippen molar-refractivity contribution in [2.24, 2.45) is 7.05 Å². The average molecular weight is 436 g/mol. The van der Waals surface area contributed by atoms with Crippen molar-refractivity contribution in [3.05, 3.63) is 90.1 Å². The Morgan fingerprint density at radius 3 is 2.69 bits per heavy atom. The molecule has 0 fully saturated rings. The highest BCUT2D eigenvalue weighted by atomic mass is 19.1. The summed E-state index contributed by atoms with van der Waals surface area (Å²) in [5.41, 5.74) is 2.65. The third kappa shape index (κ3) is 5.21. The van der Waals surface area contributed by atoms with Crippen molar-refractivity contribution in [2.75, 3.05) is 10.6 Å². The van der Waals surface area contributed by atoms with Crippen molar-refractivity contribution in [1.29, 1.82) is 0 Å². The fourth-order valence-electron chi connectivity index (χ4n) is 3.27. The van der Waals surface area contributed by atoms with E-state index in [0.29, 0.717) is 23.4 Å². The Kier molecular flexibility index (Phi) is 6.30. The van der Waals surface area contributed by atoms with Crippen molar-refractivity contribution in [2.45, 2.75) is 19.4 Å². The molecule has 0 aliphatic heterocycles. The topological polar surface area (TPSA) is 72.1 Å². The van der Waals surface area contributed by atoms with Gasteiger partial charge >= 0.3 is 0 Å². The van der Waals surface area contributed by atoms with Crippen molar-refractivity contribution in [1.82, 2.24) is 9.78 Å². The maximum absolute atomic E-state index is 14.6. The number of anilines is 2. The fraction of sp³-hybridized carbons (Fsp3) is 0.167. The first-order valence-corrected chi connectivity index (χ1v) is 10.1. The van der Waals surface area contributed by atoms with Gasteiger partial charge in [-0.3, -0.25) is 9.48 Å². The molecule has 0 saturated carbocycles. The highest BCUT2D eigenvalue weighted by Gasteiger charge is 2.11. The van der Waals surface area contributed by atoms with Crippen LogP contribution in [0.1, 0.15) is 17.7 Å². The number of hydrogen-bond donors (Lipinski definition) is 2. The van der Waals surface area contributed by atoms with E-state index in [-0.39, 0.29) is 30.4 Å². The summed E-state index contributed by atoms with van der Waals surface area (Å²) in [6, 6.07) is 12.8. The van der Waals surface area contributed by atoms with Gasteiger partial charge in [-0.05, 0) is 42.0 Å². The molecule has 2 heterocycles. The summed E-state index contributed by atoms with van der Waals surface area (Å²) in [7, 11) is 1.80. The SMILES string of the molecule is Cn1cc(-c2ccc(CNc3ccc(F)c(NC(=O)CCc4ccco4)c3)c(F)c2)cn1. The van der Waals surface area contributed by atoms with Gasteiger partial charge in [0, 0.05) is 49.4 Å². The highest BCUT2D eigenvalue weighted by molar-refractivity contribution is 5.91. The lowest BCUT2D eigenvalue weighted by Crippen LogP contribution is -2.13. The molecule has 1 amide bonds. The molecular weight excluding hydrogens is 414 g/mol. The van der Waals surface area contributed by atoms with Crippen LogP contribution in [-0.2, 0) is 24.8 Å². The summed E-state index contributed by atoms with van der Waals surface area (Å²) in [6.07, 6.45) is 5.62. The molecule has 0 unspecified atom stereocenters. The van der Waals surface area contributed by atoms with Gasteiger partial charge in [-0.25, -0.2) is 8.78 Å². The van der Waals surface area contributed by atoms with E-state index in [0.717, 1.165) is 11.1 Å². The van der Waals surface area contributed by atoms with Gasteiger partial charge in [-0.2, -0.15) is 5.10 Å². The lowest BCUT2D eigenvalue weighted by Gasteiger charge is -2.12. The molecule has 4 rings (SSSR count). The molecule has 0 bridgehead atoms. The van der Waals surface area contributed by atoms with Crippen molar-refractivity contribution in [3.63, 3.8) is 0 Å². The van der Waals surface area contributed by atoms with E-state index < -0.39 is 5.82 Å². The molecule has 2 aromatic heterocycles. The Balaban J connectivity index is 1.37. The predicted octanol–water partition coefficient (Wildman–Crippen LogP) is 5.14. The Bertz CT molecular complexity index is 1220. The predicted molar refractivity (Wildman–Crippen MR) is 118 cm³/mol. The van der Waals surface area contributed by atoms with E-state index in [1.165, 1.54) is 30.5 Å². The molecule has 4 aromatic rings. The van der Waals surface area contributed by atoms with E-state index in [2.05, 4.69) is 15.7 Å². The summed E-state index contributed by atoms with van der Waals surface area (Å²) in [6.45, 7) is 0.205. The van der Waals surface area contributed by atoms with Gasteiger partial charge < -0.3 is 15.1 Å². The molecule has 8 heteroatoms. The summed E-state index contributed by atoms with van der Waals surface area (Å²) >= 11 is 0. The standard InChI is InChI=1S/C24H22F2N4O2/c1-30-15-18(14-28-30)16-4-5-17(22(26)11-16)13-27-19-6-8-21(25)23(12-19)29-24(31)9-7-20-3-2-10-32-20/h2-6,8,10-12,14-15,27H,7,9,13H2,1H3,(H,29,31). The van der Waals surface area contributed by atoms with Crippen LogP contribution in [0, 0.1) is 11.6 Å². The van der Waals surface area contributed by atoms with Gasteiger partial charge in [-0.1, -0.05) is 12.1 Å². The molecule has 0 aliphatic rings. The van der Waals surface area contributed by atoms with Crippen LogP contribution in [0.4, 0.5) is 20.2 Å². The summed E-state index contributed by atoms with van der Waals surface area (Å²) in [5.74, 6) is -0.539. The zero-order chi connectivity index (χ0) is 22.5. The molecule has 0 radical (unpaired) electrons. The third-order valence-electron chi connectivity index (χ3n) is 4.99. The van der Waals surface area contributed by atoms with Crippen molar-refractivity contribution in [3.8, 4) is 11.1 Å². The lowest BCUT2D eigenvalue weighted by molar-refractivity contribution is -0.116. The zero-order valence-corrected chi connectivity index (χ0v) is 17.4. The summed E-state index contributed by atoms with van der Waals surface area (Å²) in [4.78, 5) is 12.2. The van der Waals surface area contributed by atoms with Gasteiger partial charge in [-0.15, -0.1) is 0 Å². The van der Waals surface area contributed by atoms with Crippen LogP contribution in [-0.4, -0.2) is 15.7 Å². The maximum Gasteiger partial charge on any atom is 0.224 e. The minimum atomic E-state index is -0.547. The Morgan fingerprint density at radius 1 is 1.09 bits per heavy atom. The molecular formula is C24H22F2N4O2. The lowest BCUT2D eigenvalue weighted by atomic mass is 10.1. The molecule has 6 nitrogen and oxygen atoms in total. The number of carbonyl (C=O) groups is 1. The highest BCUT2D eigenvalue weighted by Crippen LogP contribution is 2.24. The van der Waals surface area contributed by atoms with Crippen LogP contribution in [0.25, 0.3) is 11.1 Å². The van der Waals surface area contributed by atoms with E-state index in [1.54, 1.807) is 36.1 Å². The number of nitrogens with one attached hydrogen (secondary N) is 2. The molecule has 0 saturated heterocycles. The second-order valence-corrected chi connectivity index (χ2v) is 7.38. The van der Waals surface area contributed by atoms with E-state index in [4.69, 9.17) is 4.42 Å². The molecule has 164 valence electrons. The molecule has 0 spiro atoms. The monoisotopic (exact) mass is 436 g/mol. The van der Waals surface area contributed by atoms with E-state index in [9.17, 15) is 13.6 Å². The largest absolute Gasteiger partial charge is 0.469 e. The first-order valence-electron chi connectivity index (χ1n) is 10.1. The van der Waals surface area contributed by atoms with Crippen molar-refractivity contribution < 1.29 is 18.0 Å². The van der Waals surface area contributed by atoms with Crippen LogP contribution in [0.5, 0.6) is 0 Å². The van der Waals surface area contributed by atoms with Gasteiger partial charge in [0.05, 0.1) is 18.1 Å². The second-order valence-electron chi connectivity index (χ2n) is 7.38. The van der Waals surface area contributed by atoms with Crippen LogP contribution in [0.3, 0.4) is 0 Å². The Labute approximate surface area is 183 Å². The summed E-state index contributed by atoms with van der Waals surface area (Å²) in [5, 5.41) is 9.74. The average Bonchev–Trinajstić information content (AvgIpc) is 3.45. The smallest absolute Gasteiger partial charge is 0.224 e.